The van der Waals surface area contributed by atoms with Gasteiger partial charge in [-0.15, -0.1) is 0 Å². The highest BCUT2D eigenvalue weighted by Crippen LogP contribution is 2.20. The number of fused-ring (bicyclic) bond motifs is 1. The maximum Gasteiger partial charge on any atom is 0.273 e. The van der Waals surface area contributed by atoms with Crippen LogP contribution in [0.4, 0.5) is 5.82 Å². The summed E-state index contributed by atoms with van der Waals surface area (Å²) in [4.78, 5) is 15.7. The molecule has 3 heterocycles. The molecule has 6 heteroatoms. The number of benzene rings is 1. The summed E-state index contributed by atoms with van der Waals surface area (Å²) in [6.45, 7) is 4.36. The third kappa shape index (κ3) is 2.92. The number of nitrogens with zero attached hydrogens (tertiary/aromatic N) is 2. The minimum atomic E-state index is -0.159. The molecule has 1 aromatic carbocycles. The van der Waals surface area contributed by atoms with Crippen LogP contribution in [0.15, 0.2) is 36.5 Å². The van der Waals surface area contributed by atoms with Gasteiger partial charge in [-0.1, -0.05) is 12.1 Å². The first kappa shape index (κ1) is 15.0. The van der Waals surface area contributed by atoms with E-state index in [9.17, 15) is 4.79 Å². The molecule has 1 aliphatic rings. The summed E-state index contributed by atoms with van der Waals surface area (Å²) in [5.41, 5.74) is 2.68. The van der Waals surface area contributed by atoms with Gasteiger partial charge in [-0.2, -0.15) is 5.10 Å². The first-order valence-corrected chi connectivity index (χ1v) is 8.19. The van der Waals surface area contributed by atoms with Crippen LogP contribution in [0.3, 0.4) is 0 Å². The van der Waals surface area contributed by atoms with Crippen molar-refractivity contribution in [1.82, 2.24) is 14.8 Å². The molecule has 0 spiro atoms. The van der Waals surface area contributed by atoms with Crippen LogP contribution >= 0.6 is 0 Å². The van der Waals surface area contributed by atoms with E-state index in [1.165, 1.54) is 0 Å². The van der Waals surface area contributed by atoms with Crippen LogP contribution in [0.5, 0.6) is 0 Å². The standard InChI is InChI=1S/C18H20N4O2/c1-12-2-3-14-9-16(20-15(14)8-12)18(23)21-17-4-6-19-22(17)10-13-5-7-24-11-13/h2-4,6,8-9,13,20H,5,7,10-11H2,1H3,(H,21,23)/t13-/m0/s1. The van der Waals surface area contributed by atoms with Crippen molar-refractivity contribution in [2.75, 3.05) is 18.5 Å². The van der Waals surface area contributed by atoms with E-state index in [1.807, 2.05) is 41.9 Å². The average molecular weight is 324 g/mol. The number of carbonyl (C=O) groups excluding carboxylic acids is 1. The Labute approximate surface area is 139 Å². The number of anilines is 1. The molecule has 6 nitrogen and oxygen atoms in total. The number of aromatic nitrogens is 3. The van der Waals surface area contributed by atoms with Gasteiger partial charge in [0.25, 0.3) is 5.91 Å². The molecule has 1 aliphatic heterocycles. The Kier molecular flexibility index (Phi) is 3.82. The van der Waals surface area contributed by atoms with Gasteiger partial charge in [0.1, 0.15) is 11.5 Å². The molecule has 0 radical (unpaired) electrons. The number of carbonyl (C=O) groups is 1. The highest BCUT2D eigenvalue weighted by Gasteiger charge is 2.19. The number of H-pyrrole nitrogens is 1. The fraction of sp³-hybridized carbons (Fsp3) is 0.333. The van der Waals surface area contributed by atoms with E-state index in [2.05, 4.69) is 15.4 Å². The summed E-state index contributed by atoms with van der Waals surface area (Å²) in [6.07, 6.45) is 2.74. The Morgan fingerprint density at radius 1 is 1.42 bits per heavy atom. The molecule has 1 amide bonds. The molecule has 24 heavy (non-hydrogen) atoms. The molecule has 2 aromatic heterocycles. The smallest absolute Gasteiger partial charge is 0.273 e. The first-order chi connectivity index (χ1) is 11.7. The molecule has 124 valence electrons. The zero-order valence-electron chi connectivity index (χ0n) is 13.6. The Morgan fingerprint density at radius 3 is 3.17 bits per heavy atom. The highest BCUT2D eigenvalue weighted by atomic mass is 16.5. The van der Waals surface area contributed by atoms with E-state index in [0.717, 1.165) is 42.6 Å². The lowest BCUT2D eigenvalue weighted by Crippen LogP contribution is -2.19. The monoisotopic (exact) mass is 324 g/mol. The van der Waals surface area contributed by atoms with Crippen molar-refractivity contribution in [1.29, 1.82) is 0 Å². The predicted molar refractivity (Wildman–Crippen MR) is 92.1 cm³/mol. The Hall–Kier alpha value is -2.60. The van der Waals surface area contributed by atoms with Crippen molar-refractivity contribution in [3.05, 3.63) is 47.8 Å². The molecule has 1 fully saturated rings. The quantitative estimate of drug-likeness (QED) is 0.775. The van der Waals surface area contributed by atoms with Crippen molar-refractivity contribution in [3.8, 4) is 0 Å². The summed E-state index contributed by atoms with van der Waals surface area (Å²) in [6, 6.07) is 9.78. The zero-order valence-corrected chi connectivity index (χ0v) is 13.6. The van der Waals surface area contributed by atoms with Crippen molar-refractivity contribution in [2.45, 2.75) is 19.9 Å². The molecule has 1 atom stereocenters. The third-order valence-corrected chi connectivity index (χ3v) is 4.44. The number of rotatable bonds is 4. The second kappa shape index (κ2) is 6.13. The topological polar surface area (TPSA) is 71.9 Å². The number of aryl methyl sites for hydroxylation is 1. The van der Waals surface area contributed by atoms with Gasteiger partial charge in [0.2, 0.25) is 0 Å². The Bertz CT molecular complexity index is 874. The molecule has 1 saturated heterocycles. The van der Waals surface area contributed by atoms with Gasteiger partial charge in [-0.3, -0.25) is 4.79 Å². The second-order valence-electron chi connectivity index (χ2n) is 6.36. The average Bonchev–Trinajstić information content (AvgIpc) is 3.29. The van der Waals surface area contributed by atoms with Crippen LogP contribution in [0.2, 0.25) is 0 Å². The lowest BCUT2D eigenvalue weighted by atomic mass is 10.1. The number of ether oxygens (including phenoxy) is 1. The van der Waals surface area contributed by atoms with E-state index in [1.54, 1.807) is 6.20 Å². The van der Waals surface area contributed by atoms with E-state index >= 15 is 0 Å². The number of nitrogens with one attached hydrogen (secondary N) is 2. The fourth-order valence-electron chi connectivity index (χ4n) is 3.10. The minimum absolute atomic E-state index is 0.159. The second-order valence-corrected chi connectivity index (χ2v) is 6.36. The fourth-order valence-corrected chi connectivity index (χ4v) is 3.10. The maximum absolute atomic E-state index is 12.5. The van der Waals surface area contributed by atoms with Gasteiger partial charge in [0.05, 0.1) is 12.8 Å². The number of hydrogen-bond acceptors (Lipinski definition) is 3. The van der Waals surface area contributed by atoms with Crippen LogP contribution in [0, 0.1) is 12.8 Å². The molecule has 0 unspecified atom stereocenters. The van der Waals surface area contributed by atoms with Gasteiger partial charge in [-0.05, 0) is 31.0 Å². The molecule has 2 N–H and O–H groups in total. The molecule has 0 bridgehead atoms. The molecular formula is C18H20N4O2. The maximum atomic E-state index is 12.5. The van der Waals surface area contributed by atoms with E-state index < -0.39 is 0 Å². The lowest BCUT2D eigenvalue weighted by Gasteiger charge is -2.11. The number of aromatic amines is 1. The normalized spacial score (nSPS) is 17.5. The molecular weight excluding hydrogens is 304 g/mol. The van der Waals surface area contributed by atoms with E-state index in [0.29, 0.717) is 17.4 Å². The summed E-state index contributed by atoms with van der Waals surface area (Å²) < 4.78 is 7.24. The van der Waals surface area contributed by atoms with Crippen LogP contribution in [0.25, 0.3) is 10.9 Å². The summed E-state index contributed by atoms with van der Waals surface area (Å²) >= 11 is 0. The van der Waals surface area contributed by atoms with Crippen LogP contribution in [-0.2, 0) is 11.3 Å². The first-order valence-electron chi connectivity index (χ1n) is 8.19. The van der Waals surface area contributed by atoms with Crippen molar-refractivity contribution in [3.63, 3.8) is 0 Å². The SMILES string of the molecule is Cc1ccc2cc(C(=O)Nc3ccnn3C[C@@H]3CCOC3)[nH]c2c1. The van der Waals surface area contributed by atoms with Crippen LogP contribution < -0.4 is 5.32 Å². The van der Waals surface area contributed by atoms with Crippen molar-refractivity contribution in [2.24, 2.45) is 5.92 Å². The lowest BCUT2D eigenvalue weighted by molar-refractivity contribution is 0.102. The van der Waals surface area contributed by atoms with Crippen molar-refractivity contribution < 1.29 is 9.53 Å². The molecule has 3 aromatic rings. The zero-order chi connectivity index (χ0) is 16.5. The van der Waals surface area contributed by atoms with Gasteiger partial charge < -0.3 is 15.0 Å². The van der Waals surface area contributed by atoms with Gasteiger partial charge in [-0.25, -0.2) is 4.68 Å². The van der Waals surface area contributed by atoms with Gasteiger partial charge in [0.15, 0.2) is 0 Å². The molecule has 0 saturated carbocycles. The molecule has 0 aliphatic carbocycles. The van der Waals surface area contributed by atoms with Crippen LogP contribution in [0.1, 0.15) is 22.5 Å². The largest absolute Gasteiger partial charge is 0.381 e. The highest BCUT2D eigenvalue weighted by molar-refractivity contribution is 6.05. The molecule has 4 rings (SSSR count). The number of hydrogen-bond donors (Lipinski definition) is 2. The van der Waals surface area contributed by atoms with Crippen LogP contribution in [-0.4, -0.2) is 33.9 Å². The minimum Gasteiger partial charge on any atom is -0.381 e. The Balaban J connectivity index is 1.52. The van der Waals surface area contributed by atoms with Gasteiger partial charge >= 0.3 is 0 Å². The van der Waals surface area contributed by atoms with E-state index in [4.69, 9.17) is 4.74 Å². The van der Waals surface area contributed by atoms with Gasteiger partial charge in [0, 0.05) is 36.0 Å². The third-order valence-electron chi connectivity index (χ3n) is 4.44. The van der Waals surface area contributed by atoms with Crippen molar-refractivity contribution >= 4 is 22.6 Å². The summed E-state index contributed by atoms with van der Waals surface area (Å²) in [7, 11) is 0. The number of amides is 1. The Morgan fingerprint density at radius 2 is 2.33 bits per heavy atom. The van der Waals surface area contributed by atoms with E-state index in [-0.39, 0.29) is 5.91 Å². The summed E-state index contributed by atoms with van der Waals surface area (Å²) in [5, 5.41) is 8.29. The predicted octanol–water partition coefficient (Wildman–Crippen LogP) is 2.96. The summed E-state index contributed by atoms with van der Waals surface area (Å²) in [5.74, 6) is 1.01.